The zero-order valence-corrected chi connectivity index (χ0v) is 12.3. The highest BCUT2D eigenvalue weighted by atomic mass is 16.1. The number of carbonyl (C=O) groups is 1. The van der Waals surface area contributed by atoms with Gasteiger partial charge >= 0.3 is 0 Å². The molecule has 0 spiro atoms. The summed E-state index contributed by atoms with van der Waals surface area (Å²) in [5.41, 5.74) is 1.52. The summed E-state index contributed by atoms with van der Waals surface area (Å²) in [6.07, 6.45) is 6.08. The normalized spacial score (nSPS) is 11.7. The van der Waals surface area contributed by atoms with Crippen LogP contribution in [0.3, 0.4) is 0 Å². The number of nitrogens with one attached hydrogen (secondary N) is 2. The summed E-state index contributed by atoms with van der Waals surface area (Å²) in [6, 6.07) is 7.29. The third-order valence-corrected chi connectivity index (χ3v) is 3.11. The molecule has 2 heterocycles. The van der Waals surface area contributed by atoms with Crippen LogP contribution in [-0.4, -0.2) is 22.4 Å². The highest BCUT2D eigenvalue weighted by Gasteiger charge is 2.11. The van der Waals surface area contributed by atoms with E-state index in [1.54, 1.807) is 24.7 Å². The number of anilines is 1. The van der Waals surface area contributed by atoms with Gasteiger partial charge in [0.25, 0.3) is 5.91 Å². The van der Waals surface area contributed by atoms with Gasteiger partial charge < -0.3 is 10.6 Å². The molecule has 2 N–H and O–H groups in total. The van der Waals surface area contributed by atoms with Gasteiger partial charge in [0.05, 0.1) is 11.6 Å². The first kappa shape index (κ1) is 15.0. The molecule has 0 saturated heterocycles. The van der Waals surface area contributed by atoms with Crippen LogP contribution in [0.25, 0.3) is 0 Å². The van der Waals surface area contributed by atoms with Crippen molar-refractivity contribution in [2.24, 2.45) is 0 Å². The molecular weight excluding hydrogens is 264 g/mol. The van der Waals surface area contributed by atoms with Crippen LogP contribution in [0.5, 0.6) is 0 Å². The van der Waals surface area contributed by atoms with E-state index in [1.165, 1.54) is 0 Å². The summed E-state index contributed by atoms with van der Waals surface area (Å²) >= 11 is 0. The first-order chi connectivity index (χ1) is 10.2. The van der Waals surface area contributed by atoms with Crippen molar-refractivity contribution in [1.29, 1.82) is 0 Å². The van der Waals surface area contributed by atoms with Gasteiger partial charge in [-0.1, -0.05) is 13.0 Å². The molecule has 0 aliphatic carbocycles. The van der Waals surface area contributed by atoms with Crippen molar-refractivity contribution >= 4 is 11.7 Å². The fourth-order valence-electron chi connectivity index (χ4n) is 1.88. The largest absolute Gasteiger partial charge is 0.370 e. The minimum Gasteiger partial charge on any atom is -0.370 e. The summed E-state index contributed by atoms with van der Waals surface area (Å²) in [7, 11) is 0. The van der Waals surface area contributed by atoms with E-state index in [1.807, 2.05) is 25.1 Å². The Labute approximate surface area is 124 Å². The summed E-state index contributed by atoms with van der Waals surface area (Å²) in [6.45, 7) is 4.89. The van der Waals surface area contributed by atoms with Gasteiger partial charge in [0.2, 0.25) is 0 Å². The summed E-state index contributed by atoms with van der Waals surface area (Å²) in [5.74, 6) is 0.648. The van der Waals surface area contributed by atoms with Gasteiger partial charge in [0, 0.05) is 25.1 Å². The molecule has 0 bridgehead atoms. The topological polar surface area (TPSA) is 66.9 Å². The zero-order valence-electron chi connectivity index (χ0n) is 12.3. The van der Waals surface area contributed by atoms with Crippen LogP contribution in [0.2, 0.25) is 0 Å². The molecule has 1 amide bonds. The molecule has 2 rings (SSSR count). The lowest BCUT2D eigenvalue weighted by Crippen LogP contribution is -2.26. The number of hydrogen-bond acceptors (Lipinski definition) is 4. The number of nitrogens with zero attached hydrogens (tertiary/aromatic N) is 2. The molecule has 21 heavy (non-hydrogen) atoms. The number of rotatable bonds is 6. The van der Waals surface area contributed by atoms with Crippen LogP contribution in [0.15, 0.2) is 42.9 Å². The number of aromatic nitrogens is 2. The van der Waals surface area contributed by atoms with Crippen LogP contribution in [-0.2, 0) is 0 Å². The minimum absolute atomic E-state index is 0.0934. The second kappa shape index (κ2) is 7.38. The maximum atomic E-state index is 12.2. The van der Waals surface area contributed by atoms with Crippen molar-refractivity contribution in [3.8, 4) is 0 Å². The van der Waals surface area contributed by atoms with Crippen LogP contribution >= 0.6 is 0 Å². The predicted octanol–water partition coefficient (Wildman–Crippen LogP) is 2.79. The van der Waals surface area contributed by atoms with Gasteiger partial charge in [-0.05, 0) is 37.1 Å². The van der Waals surface area contributed by atoms with Gasteiger partial charge in [-0.15, -0.1) is 0 Å². The molecule has 0 saturated carbocycles. The Hall–Kier alpha value is -2.43. The van der Waals surface area contributed by atoms with Crippen LogP contribution in [0.1, 0.15) is 42.2 Å². The lowest BCUT2D eigenvalue weighted by molar-refractivity contribution is 0.0939. The van der Waals surface area contributed by atoms with Crippen LogP contribution < -0.4 is 10.6 Å². The van der Waals surface area contributed by atoms with Gasteiger partial charge in [0.15, 0.2) is 0 Å². The van der Waals surface area contributed by atoms with Gasteiger partial charge in [-0.25, -0.2) is 4.98 Å². The van der Waals surface area contributed by atoms with Crippen molar-refractivity contribution in [2.45, 2.75) is 26.3 Å². The second-order valence-corrected chi connectivity index (χ2v) is 4.84. The SMILES string of the molecule is CCCNc1ccc(C(=O)NC(C)c2cccnc2)cn1. The lowest BCUT2D eigenvalue weighted by atomic mass is 10.1. The van der Waals surface area contributed by atoms with Crippen molar-refractivity contribution < 1.29 is 4.79 Å². The Kier molecular flexibility index (Phi) is 5.26. The third-order valence-electron chi connectivity index (χ3n) is 3.11. The van der Waals surface area contributed by atoms with Gasteiger partial charge in [-0.2, -0.15) is 0 Å². The monoisotopic (exact) mass is 284 g/mol. The molecule has 2 aromatic heterocycles. The molecule has 1 atom stereocenters. The first-order valence-electron chi connectivity index (χ1n) is 7.11. The maximum Gasteiger partial charge on any atom is 0.253 e. The van der Waals surface area contributed by atoms with E-state index in [2.05, 4.69) is 27.5 Å². The van der Waals surface area contributed by atoms with E-state index in [9.17, 15) is 4.79 Å². The molecule has 110 valence electrons. The highest BCUT2D eigenvalue weighted by Crippen LogP contribution is 2.12. The maximum absolute atomic E-state index is 12.2. The van der Waals surface area contributed by atoms with E-state index >= 15 is 0 Å². The van der Waals surface area contributed by atoms with Gasteiger partial charge in [-0.3, -0.25) is 9.78 Å². The molecule has 0 fully saturated rings. The van der Waals surface area contributed by atoms with E-state index < -0.39 is 0 Å². The van der Waals surface area contributed by atoms with Crippen molar-refractivity contribution in [3.05, 3.63) is 54.0 Å². The van der Waals surface area contributed by atoms with Crippen LogP contribution in [0, 0.1) is 0 Å². The van der Waals surface area contributed by atoms with Gasteiger partial charge in [0.1, 0.15) is 5.82 Å². The second-order valence-electron chi connectivity index (χ2n) is 4.84. The number of pyridine rings is 2. The number of carbonyl (C=O) groups excluding carboxylic acids is 1. The Bertz CT molecular complexity index is 569. The van der Waals surface area contributed by atoms with E-state index in [0.717, 1.165) is 24.3 Å². The molecule has 5 nitrogen and oxygen atoms in total. The molecule has 0 radical (unpaired) electrons. The summed E-state index contributed by atoms with van der Waals surface area (Å²) in [5, 5.41) is 6.11. The van der Waals surface area contributed by atoms with Crippen molar-refractivity contribution in [2.75, 3.05) is 11.9 Å². The summed E-state index contributed by atoms with van der Waals surface area (Å²) < 4.78 is 0. The zero-order chi connectivity index (χ0) is 15.1. The fourth-order valence-corrected chi connectivity index (χ4v) is 1.88. The Balaban J connectivity index is 1.97. The molecule has 0 aromatic carbocycles. The molecule has 1 unspecified atom stereocenters. The van der Waals surface area contributed by atoms with E-state index in [-0.39, 0.29) is 11.9 Å². The summed E-state index contributed by atoms with van der Waals surface area (Å²) in [4.78, 5) is 20.4. The Morgan fingerprint density at radius 2 is 2.14 bits per heavy atom. The quantitative estimate of drug-likeness (QED) is 0.856. The van der Waals surface area contributed by atoms with Crippen molar-refractivity contribution in [3.63, 3.8) is 0 Å². The smallest absolute Gasteiger partial charge is 0.253 e. The fraction of sp³-hybridized carbons (Fsp3) is 0.312. The highest BCUT2D eigenvalue weighted by molar-refractivity contribution is 5.94. The Morgan fingerprint density at radius 1 is 1.29 bits per heavy atom. The lowest BCUT2D eigenvalue weighted by Gasteiger charge is -2.14. The molecule has 5 heteroatoms. The van der Waals surface area contributed by atoms with E-state index in [4.69, 9.17) is 0 Å². The Morgan fingerprint density at radius 3 is 2.76 bits per heavy atom. The minimum atomic E-state index is -0.138. The number of amides is 1. The molecule has 0 aliphatic rings. The molecular formula is C16H20N4O. The standard InChI is InChI=1S/C16H20N4O/c1-3-8-18-15-7-6-14(11-19-15)16(21)20-12(2)13-5-4-9-17-10-13/h4-7,9-12H,3,8H2,1-2H3,(H,18,19)(H,20,21). The molecule has 0 aliphatic heterocycles. The average molecular weight is 284 g/mol. The number of hydrogen-bond donors (Lipinski definition) is 2. The van der Waals surface area contributed by atoms with Crippen LogP contribution in [0.4, 0.5) is 5.82 Å². The average Bonchev–Trinajstić information content (AvgIpc) is 2.54. The third kappa shape index (κ3) is 4.27. The molecule has 2 aromatic rings. The predicted molar refractivity (Wildman–Crippen MR) is 83.1 cm³/mol. The first-order valence-corrected chi connectivity index (χ1v) is 7.11. The van der Waals surface area contributed by atoms with Crippen molar-refractivity contribution in [1.82, 2.24) is 15.3 Å². The van der Waals surface area contributed by atoms with E-state index in [0.29, 0.717) is 5.56 Å².